The van der Waals surface area contributed by atoms with E-state index >= 15 is 0 Å². The average Bonchev–Trinajstić information content (AvgIpc) is 3.15. The van der Waals surface area contributed by atoms with E-state index in [4.69, 9.17) is 4.74 Å². The summed E-state index contributed by atoms with van der Waals surface area (Å²) in [5.41, 5.74) is 0.781. The van der Waals surface area contributed by atoms with Gasteiger partial charge in [-0.3, -0.25) is 9.78 Å². The van der Waals surface area contributed by atoms with Crippen molar-refractivity contribution in [3.63, 3.8) is 0 Å². The van der Waals surface area contributed by atoms with Gasteiger partial charge < -0.3 is 19.1 Å². The van der Waals surface area contributed by atoms with E-state index in [1.54, 1.807) is 24.9 Å². The summed E-state index contributed by atoms with van der Waals surface area (Å²) in [6, 6.07) is 0. The van der Waals surface area contributed by atoms with Crippen molar-refractivity contribution in [3.8, 4) is 0 Å². The Morgan fingerprint density at radius 3 is 2.92 bits per heavy atom. The van der Waals surface area contributed by atoms with E-state index in [-0.39, 0.29) is 12.0 Å². The van der Waals surface area contributed by atoms with Crippen LogP contribution in [0.2, 0.25) is 0 Å². The molecule has 0 radical (unpaired) electrons. The Hall–Kier alpha value is -2.48. The number of aromatic nitrogens is 4. The zero-order valence-electron chi connectivity index (χ0n) is 14.7. The van der Waals surface area contributed by atoms with Gasteiger partial charge in [-0.15, -0.1) is 0 Å². The third kappa shape index (κ3) is 4.33. The van der Waals surface area contributed by atoms with Gasteiger partial charge >= 0.3 is 0 Å². The molecule has 1 fully saturated rings. The Labute approximate surface area is 147 Å². The van der Waals surface area contributed by atoms with E-state index in [2.05, 4.69) is 15.0 Å². The minimum atomic E-state index is -0.238. The van der Waals surface area contributed by atoms with Crippen LogP contribution in [0, 0.1) is 0 Å². The summed E-state index contributed by atoms with van der Waals surface area (Å²) in [6.07, 6.45) is 9.84. The molecule has 0 bridgehead atoms. The number of hydrogen-bond acceptors (Lipinski definition) is 6. The number of nitrogens with zero attached hydrogens (tertiary/aromatic N) is 6. The van der Waals surface area contributed by atoms with Gasteiger partial charge in [-0.2, -0.15) is 0 Å². The van der Waals surface area contributed by atoms with E-state index < -0.39 is 0 Å². The van der Waals surface area contributed by atoms with Crippen molar-refractivity contribution in [2.45, 2.75) is 25.5 Å². The monoisotopic (exact) mass is 344 g/mol. The first-order valence-electron chi connectivity index (χ1n) is 8.48. The molecule has 1 aliphatic rings. The number of morpholine rings is 1. The Morgan fingerprint density at radius 1 is 1.32 bits per heavy atom. The summed E-state index contributed by atoms with van der Waals surface area (Å²) >= 11 is 0. The summed E-state index contributed by atoms with van der Waals surface area (Å²) < 4.78 is 7.85. The van der Waals surface area contributed by atoms with Crippen molar-refractivity contribution in [2.75, 3.05) is 38.7 Å². The maximum absolute atomic E-state index is 12.5. The second-order valence-corrected chi connectivity index (χ2v) is 6.26. The molecule has 3 heterocycles. The van der Waals surface area contributed by atoms with Gasteiger partial charge in [-0.05, 0) is 6.42 Å². The number of ether oxygens (including phenoxy) is 1. The molecule has 1 atom stereocenters. The Bertz CT molecular complexity index is 688. The Morgan fingerprint density at radius 2 is 2.16 bits per heavy atom. The first-order chi connectivity index (χ1) is 12.1. The molecule has 0 saturated carbocycles. The molecular formula is C17H24N6O2. The number of amides is 1. The highest BCUT2D eigenvalue weighted by Crippen LogP contribution is 2.26. The normalized spacial score (nSPS) is 17.5. The maximum Gasteiger partial charge on any atom is 0.222 e. The molecule has 3 rings (SSSR count). The first-order valence-corrected chi connectivity index (χ1v) is 8.48. The lowest BCUT2D eigenvalue weighted by Crippen LogP contribution is -2.42. The lowest BCUT2D eigenvalue weighted by Gasteiger charge is -2.33. The lowest BCUT2D eigenvalue weighted by molar-refractivity contribution is -0.139. The molecule has 8 heteroatoms. The summed E-state index contributed by atoms with van der Waals surface area (Å²) in [7, 11) is 3.85. The second-order valence-electron chi connectivity index (χ2n) is 6.26. The minimum absolute atomic E-state index is 0.156. The number of anilines is 1. The van der Waals surface area contributed by atoms with Gasteiger partial charge in [0.2, 0.25) is 5.91 Å². The van der Waals surface area contributed by atoms with E-state index in [1.807, 2.05) is 34.7 Å². The van der Waals surface area contributed by atoms with Gasteiger partial charge in [0.25, 0.3) is 0 Å². The summed E-state index contributed by atoms with van der Waals surface area (Å²) in [5, 5.41) is 0. The summed E-state index contributed by atoms with van der Waals surface area (Å²) in [4.78, 5) is 29.1. The predicted molar refractivity (Wildman–Crippen MR) is 93.1 cm³/mol. The van der Waals surface area contributed by atoms with Crippen molar-refractivity contribution in [2.24, 2.45) is 0 Å². The second kappa shape index (κ2) is 8.06. The van der Waals surface area contributed by atoms with Crippen LogP contribution in [0.15, 0.2) is 31.1 Å². The minimum Gasteiger partial charge on any atom is -0.368 e. The van der Waals surface area contributed by atoms with Gasteiger partial charge in [-0.1, -0.05) is 0 Å². The number of aryl methyl sites for hydroxylation is 1. The number of carbonyl (C=O) groups is 1. The van der Waals surface area contributed by atoms with E-state index in [0.29, 0.717) is 26.1 Å². The Balaban J connectivity index is 1.58. The average molecular weight is 344 g/mol. The summed E-state index contributed by atoms with van der Waals surface area (Å²) in [5.74, 6) is 0.936. The highest BCUT2D eigenvalue weighted by atomic mass is 16.5. The standard InChI is InChI=1S/C17H24N6O2/c1-21(2)17-16(19-5-6-20-17)14-12-23(10-11-25-14)15(24)4-3-8-22-9-7-18-13-22/h5-7,9,13-14H,3-4,8,10-12H2,1-2H3/t14-/m1/s1. The molecule has 0 aliphatic carbocycles. The van der Waals surface area contributed by atoms with Crippen LogP contribution in [0.25, 0.3) is 0 Å². The molecule has 0 aromatic carbocycles. The van der Waals surface area contributed by atoms with Crippen LogP contribution in [0.4, 0.5) is 5.82 Å². The van der Waals surface area contributed by atoms with Gasteiger partial charge in [0.1, 0.15) is 11.8 Å². The zero-order valence-corrected chi connectivity index (χ0v) is 14.7. The molecule has 1 aliphatic heterocycles. The van der Waals surface area contributed by atoms with Gasteiger partial charge in [0.15, 0.2) is 5.82 Å². The van der Waals surface area contributed by atoms with Crippen LogP contribution in [-0.4, -0.2) is 64.1 Å². The highest BCUT2D eigenvalue weighted by Gasteiger charge is 2.28. The zero-order chi connectivity index (χ0) is 17.6. The van der Waals surface area contributed by atoms with Crippen molar-refractivity contribution < 1.29 is 9.53 Å². The number of hydrogen-bond donors (Lipinski definition) is 0. The molecule has 1 amide bonds. The largest absolute Gasteiger partial charge is 0.368 e. The van der Waals surface area contributed by atoms with Crippen LogP contribution in [0.3, 0.4) is 0 Å². The van der Waals surface area contributed by atoms with Gasteiger partial charge in [0, 0.05) is 58.4 Å². The lowest BCUT2D eigenvalue weighted by atomic mass is 10.1. The molecule has 2 aromatic rings. The predicted octanol–water partition coefficient (Wildman–Crippen LogP) is 1.12. The SMILES string of the molecule is CN(C)c1nccnc1[C@H]1CN(C(=O)CCCn2ccnc2)CCO1. The fourth-order valence-electron chi connectivity index (χ4n) is 2.94. The number of rotatable bonds is 6. The molecule has 2 aromatic heterocycles. The fraction of sp³-hybridized carbons (Fsp3) is 0.529. The van der Waals surface area contributed by atoms with Crippen molar-refractivity contribution in [3.05, 3.63) is 36.8 Å². The maximum atomic E-state index is 12.5. The smallest absolute Gasteiger partial charge is 0.222 e. The van der Waals surface area contributed by atoms with Gasteiger partial charge in [-0.25, -0.2) is 9.97 Å². The van der Waals surface area contributed by atoms with E-state index in [9.17, 15) is 4.79 Å². The molecular weight excluding hydrogens is 320 g/mol. The molecule has 1 saturated heterocycles. The van der Waals surface area contributed by atoms with Crippen LogP contribution < -0.4 is 4.90 Å². The number of imidazole rings is 1. The molecule has 25 heavy (non-hydrogen) atoms. The van der Waals surface area contributed by atoms with Gasteiger partial charge in [0.05, 0.1) is 19.5 Å². The van der Waals surface area contributed by atoms with Crippen molar-refractivity contribution in [1.29, 1.82) is 0 Å². The van der Waals surface area contributed by atoms with Crippen LogP contribution in [-0.2, 0) is 16.1 Å². The molecule has 134 valence electrons. The van der Waals surface area contributed by atoms with Crippen LogP contribution >= 0.6 is 0 Å². The van der Waals surface area contributed by atoms with Crippen molar-refractivity contribution in [1.82, 2.24) is 24.4 Å². The quantitative estimate of drug-likeness (QED) is 0.782. The van der Waals surface area contributed by atoms with Crippen LogP contribution in [0.1, 0.15) is 24.6 Å². The third-order valence-corrected chi connectivity index (χ3v) is 4.22. The topological polar surface area (TPSA) is 76.4 Å². The number of carbonyl (C=O) groups excluding carboxylic acids is 1. The first kappa shape index (κ1) is 17.3. The molecule has 0 N–H and O–H groups in total. The highest BCUT2D eigenvalue weighted by molar-refractivity contribution is 5.76. The van der Waals surface area contributed by atoms with Crippen LogP contribution in [0.5, 0.6) is 0 Å². The van der Waals surface area contributed by atoms with Crippen molar-refractivity contribution >= 4 is 11.7 Å². The third-order valence-electron chi connectivity index (χ3n) is 4.22. The van der Waals surface area contributed by atoms with E-state index in [1.165, 1.54) is 0 Å². The molecule has 0 unspecified atom stereocenters. The Kier molecular flexibility index (Phi) is 5.60. The van der Waals surface area contributed by atoms with E-state index in [0.717, 1.165) is 24.5 Å². The molecule has 0 spiro atoms. The summed E-state index contributed by atoms with van der Waals surface area (Å²) in [6.45, 7) is 2.46. The fourth-order valence-corrected chi connectivity index (χ4v) is 2.94. The molecule has 8 nitrogen and oxygen atoms in total.